The summed E-state index contributed by atoms with van der Waals surface area (Å²) >= 11 is 0. The van der Waals surface area contributed by atoms with E-state index in [9.17, 15) is 4.79 Å². The number of carbonyl (C=O) groups is 1. The van der Waals surface area contributed by atoms with Gasteiger partial charge in [-0.05, 0) is 24.3 Å². The average Bonchev–Trinajstić information content (AvgIpc) is 2.55. The summed E-state index contributed by atoms with van der Waals surface area (Å²) in [6, 6.07) is 13.4. The van der Waals surface area contributed by atoms with E-state index in [1.807, 2.05) is 37.4 Å². The predicted octanol–water partition coefficient (Wildman–Crippen LogP) is 1.96. The van der Waals surface area contributed by atoms with Crippen molar-refractivity contribution in [2.24, 2.45) is 0 Å². The van der Waals surface area contributed by atoms with Crippen LogP contribution in [0.15, 0.2) is 48.7 Å². The number of nitrogens with one attached hydrogen (secondary N) is 1. The number of benzene rings is 1. The number of pyridine rings is 1. The van der Waals surface area contributed by atoms with E-state index in [1.165, 1.54) is 7.11 Å². The molecular weight excluding hydrogens is 266 g/mol. The fourth-order valence-electron chi connectivity index (χ4n) is 1.97. The Bertz CT molecular complexity index is 587. The first-order valence-corrected chi connectivity index (χ1v) is 6.75. The van der Waals surface area contributed by atoms with Gasteiger partial charge in [-0.25, -0.2) is 4.98 Å². The number of ether oxygens (including phenoxy) is 1. The molecule has 0 aliphatic heterocycles. The third-order valence-corrected chi connectivity index (χ3v) is 3.14. The van der Waals surface area contributed by atoms with Gasteiger partial charge in [-0.1, -0.05) is 18.2 Å². The molecule has 0 radical (unpaired) electrons. The lowest BCUT2D eigenvalue weighted by Gasteiger charge is -2.19. The summed E-state index contributed by atoms with van der Waals surface area (Å²) in [5, 5.41) is 2.87. The van der Waals surface area contributed by atoms with Gasteiger partial charge in [0.1, 0.15) is 5.56 Å². The van der Waals surface area contributed by atoms with Crippen molar-refractivity contribution in [2.75, 3.05) is 32.1 Å². The molecule has 0 atom stereocenters. The Morgan fingerprint density at radius 1 is 1.24 bits per heavy atom. The van der Waals surface area contributed by atoms with Gasteiger partial charge in [-0.3, -0.25) is 4.79 Å². The zero-order valence-corrected chi connectivity index (χ0v) is 12.2. The molecule has 110 valence electrons. The first kappa shape index (κ1) is 14.8. The van der Waals surface area contributed by atoms with E-state index in [-0.39, 0.29) is 5.91 Å². The Morgan fingerprint density at radius 3 is 2.71 bits per heavy atom. The van der Waals surface area contributed by atoms with Crippen LogP contribution in [0.1, 0.15) is 10.4 Å². The molecule has 1 amide bonds. The maximum absolute atomic E-state index is 12.1. The summed E-state index contributed by atoms with van der Waals surface area (Å²) in [6.07, 6.45) is 1.60. The monoisotopic (exact) mass is 285 g/mol. The standard InChI is InChI=1S/C16H19N3O2/c1-19(13-7-4-3-5-8-13)12-11-17-15(20)14-9-6-10-18-16(14)21-2/h3-10H,11-12H2,1-2H3,(H,17,20). The van der Waals surface area contributed by atoms with Crippen LogP contribution in [0, 0.1) is 0 Å². The smallest absolute Gasteiger partial charge is 0.256 e. The highest BCUT2D eigenvalue weighted by atomic mass is 16.5. The van der Waals surface area contributed by atoms with E-state index in [4.69, 9.17) is 4.74 Å². The van der Waals surface area contributed by atoms with Crippen molar-refractivity contribution in [1.29, 1.82) is 0 Å². The van der Waals surface area contributed by atoms with E-state index in [0.717, 1.165) is 12.2 Å². The number of carbonyl (C=O) groups excluding carboxylic acids is 1. The number of amides is 1. The number of rotatable bonds is 6. The summed E-state index contributed by atoms with van der Waals surface area (Å²) < 4.78 is 5.08. The van der Waals surface area contributed by atoms with Crippen molar-refractivity contribution in [3.05, 3.63) is 54.2 Å². The molecule has 5 heteroatoms. The lowest BCUT2D eigenvalue weighted by Crippen LogP contribution is -2.33. The van der Waals surface area contributed by atoms with Gasteiger partial charge in [-0.2, -0.15) is 0 Å². The van der Waals surface area contributed by atoms with E-state index in [1.54, 1.807) is 18.3 Å². The number of hydrogen-bond acceptors (Lipinski definition) is 4. The van der Waals surface area contributed by atoms with Gasteiger partial charge in [0.15, 0.2) is 0 Å². The van der Waals surface area contributed by atoms with Crippen molar-refractivity contribution >= 4 is 11.6 Å². The molecule has 0 aliphatic rings. The van der Waals surface area contributed by atoms with Gasteiger partial charge >= 0.3 is 0 Å². The topological polar surface area (TPSA) is 54.5 Å². The number of anilines is 1. The Balaban J connectivity index is 1.87. The van der Waals surface area contributed by atoms with Crippen LogP contribution in [0.25, 0.3) is 0 Å². The fourth-order valence-corrected chi connectivity index (χ4v) is 1.97. The van der Waals surface area contributed by atoms with Gasteiger partial charge < -0.3 is 15.0 Å². The van der Waals surface area contributed by atoms with Crippen LogP contribution < -0.4 is 15.0 Å². The lowest BCUT2D eigenvalue weighted by atomic mass is 10.2. The highest BCUT2D eigenvalue weighted by Gasteiger charge is 2.12. The molecule has 0 spiro atoms. The zero-order valence-electron chi connectivity index (χ0n) is 12.2. The van der Waals surface area contributed by atoms with Gasteiger partial charge in [-0.15, -0.1) is 0 Å². The largest absolute Gasteiger partial charge is 0.480 e. The highest BCUT2D eigenvalue weighted by Crippen LogP contribution is 2.13. The summed E-state index contributed by atoms with van der Waals surface area (Å²) in [7, 11) is 3.49. The summed E-state index contributed by atoms with van der Waals surface area (Å²) in [6.45, 7) is 1.26. The molecule has 0 fully saturated rings. The summed E-state index contributed by atoms with van der Waals surface area (Å²) in [5.41, 5.74) is 1.56. The number of para-hydroxylation sites is 1. The first-order valence-electron chi connectivity index (χ1n) is 6.75. The maximum atomic E-state index is 12.1. The normalized spacial score (nSPS) is 10.0. The Kier molecular flexibility index (Phi) is 5.15. The van der Waals surface area contributed by atoms with Crippen LogP contribution >= 0.6 is 0 Å². The van der Waals surface area contributed by atoms with Crippen LogP contribution in [0.3, 0.4) is 0 Å². The molecule has 0 saturated carbocycles. The van der Waals surface area contributed by atoms with Crippen molar-refractivity contribution in [2.45, 2.75) is 0 Å². The molecule has 2 aromatic rings. The van der Waals surface area contributed by atoms with Crippen molar-refractivity contribution in [1.82, 2.24) is 10.3 Å². The molecule has 1 aromatic carbocycles. The zero-order chi connectivity index (χ0) is 15.1. The fraction of sp³-hybridized carbons (Fsp3) is 0.250. The maximum Gasteiger partial charge on any atom is 0.256 e. The summed E-state index contributed by atoms with van der Waals surface area (Å²) in [5.74, 6) is 0.160. The van der Waals surface area contributed by atoms with Gasteiger partial charge in [0, 0.05) is 32.0 Å². The van der Waals surface area contributed by atoms with E-state index >= 15 is 0 Å². The highest BCUT2D eigenvalue weighted by molar-refractivity contribution is 5.96. The van der Waals surface area contributed by atoms with Gasteiger partial charge in [0.2, 0.25) is 5.88 Å². The third-order valence-electron chi connectivity index (χ3n) is 3.14. The third kappa shape index (κ3) is 3.95. The quantitative estimate of drug-likeness (QED) is 0.881. The molecular formula is C16H19N3O2. The molecule has 0 aliphatic carbocycles. The molecule has 5 nitrogen and oxygen atoms in total. The van der Waals surface area contributed by atoms with Crippen molar-refractivity contribution in [3.8, 4) is 5.88 Å². The molecule has 2 rings (SSSR count). The Labute approximate surface area is 124 Å². The Hall–Kier alpha value is -2.56. The number of nitrogens with zero attached hydrogens (tertiary/aromatic N) is 2. The number of methoxy groups -OCH3 is 1. The SMILES string of the molecule is COc1ncccc1C(=O)NCCN(C)c1ccccc1. The van der Waals surface area contributed by atoms with Crippen molar-refractivity contribution in [3.63, 3.8) is 0 Å². The summed E-state index contributed by atoms with van der Waals surface area (Å²) in [4.78, 5) is 18.2. The van der Waals surface area contributed by atoms with Crippen LogP contribution in [-0.4, -0.2) is 38.1 Å². The van der Waals surface area contributed by atoms with Crippen LogP contribution in [0.4, 0.5) is 5.69 Å². The molecule has 0 saturated heterocycles. The molecule has 1 N–H and O–H groups in total. The molecule has 0 unspecified atom stereocenters. The number of hydrogen-bond donors (Lipinski definition) is 1. The van der Waals surface area contributed by atoms with E-state index in [2.05, 4.69) is 15.2 Å². The number of aromatic nitrogens is 1. The minimum atomic E-state index is -0.179. The van der Waals surface area contributed by atoms with Crippen LogP contribution in [-0.2, 0) is 0 Å². The lowest BCUT2D eigenvalue weighted by molar-refractivity contribution is 0.0951. The second-order valence-corrected chi connectivity index (χ2v) is 4.57. The molecule has 0 bridgehead atoms. The molecule has 1 heterocycles. The second-order valence-electron chi connectivity index (χ2n) is 4.57. The minimum absolute atomic E-state index is 0.179. The Morgan fingerprint density at radius 2 is 2.00 bits per heavy atom. The number of likely N-dealkylation sites (N-methyl/N-ethyl adjacent to an activating group) is 1. The predicted molar refractivity (Wildman–Crippen MR) is 82.8 cm³/mol. The van der Waals surface area contributed by atoms with E-state index < -0.39 is 0 Å². The van der Waals surface area contributed by atoms with Crippen molar-refractivity contribution < 1.29 is 9.53 Å². The van der Waals surface area contributed by atoms with Crippen LogP contribution in [0.5, 0.6) is 5.88 Å². The minimum Gasteiger partial charge on any atom is -0.480 e. The van der Waals surface area contributed by atoms with Crippen LogP contribution in [0.2, 0.25) is 0 Å². The van der Waals surface area contributed by atoms with Gasteiger partial charge in [0.25, 0.3) is 5.91 Å². The van der Waals surface area contributed by atoms with E-state index in [0.29, 0.717) is 18.0 Å². The first-order chi connectivity index (χ1) is 10.2. The molecule has 1 aromatic heterocycles. The molecule has 21 heavy (non-hydrogen) atoms. The average molecular weight is 285 g/mol. The second kappa shape index (κ2) is 7.28. The van der Waals surface area contributed by atoms with Gasteiger partial charge in [0.05, 0.1) is 7.11 Å².